The molecule has 0 aromatic heterocycles. The number of nitrogens with zero attached hydrogens (tertiary/aromatic N) is 1. The quantitative estimate of drug-likeness (QED) is 0.652. The fourth-order valence-corrected chi connectivity index (χ4v) is 3.72. The first-order valence-electron chi connectivity index (χ1n) is 9.83. The molecule has 1 heterocycles. The van der Waals surface area contributed by atoms with Crippen LogP contribution >= 0.6 is 11.6 Å². The van der Waals surface area contributed by atoms with Gasteiger partial charge in [0.2, 0.25) is 0 Å². The minimum Gasteiger partial charge on any atom is -0.497 e. The summed E-state index contributed by atoms with van der Waals surface area (Å²) in [5, 5.41) is 3.91. The van der Waals surface area contributed by atoms with Crippen LogP contribution in [0.3, 0.4) is 0 Å². The Balaban J connectivity index is 2.03. The van der Waals surface area contributed by atoms with Gasteiger partial charge in [-0.2, -0.15) is 0 Å². The fourth-order valence-electron chi connectivity index (χ4n) is 3.55. The van der Waals surface area contributed by atoms with Crippen LogP contribution in [0.25, 0.3) is 5.57 Å². The number of methoxy groups -OCH3 is 1. The van der Waals surface area contributed by atoms with Gasteiger partial charge in [-0.05, 0) is 54.3 Å². The Kier molecular flexibility index (Phi) is 7.04. The molecule has 1 amide bonds. The summed E-state index contributed by atoms with van der Waals surface area (Å²) < 4.78 is 10.8. The van der Waals surface area contributed by atoms with Gasteiger partial charge in [-0.3, -0.25) is 4.90 Å². The SMILES string of the molecule is CCCOC(=O)N1CCC(c2cc(Cl)ccc2NC)=CC1c1cccc(OC)c1. The zero-order chi connectivity index (χ0) is 20.8. The molecule has 0 fully saturated rings. The molecule has 1 N–H and O–H groups in total. The second-order valence-corrected chi connectivity index (χ2v) is 7.35. The van der Waals surface area contributed by atoms with Gasteiger partial charge in [0, 0.05) is 29.9 Å². The molecule has 1 atom stereocenters. The predicted molar refractivity (Wildman–Crippen MR) is 118 cm³/mol. The van der Waals surface area contributed by atoms with E-state index in [9.17, 15) is 4.79 Å². The molecule has 0 spiro atoms. The molecule has 154 valence electrons. The number of carbonyl (C=O) groups is 1. The van der Waals surface area contributed by atoms with Gasteiger partial charge in [-0.1, -0.05) is 36.7 Å². The summed E-state index contributed by atoms with van der Waals surface area (Å²) in [7, 11) is 3.53. The number of ether oxygens (including phenoxy) is 2. The summed E-state index contributed by atoms with van der Waals surface area (Å²) in [6.45, 7) is 2.96. The maximum Gasteiger partial charge on any atom is 0.410 e. The van der Waals surface area contributed by atoms with Crippen LogP contribution in [-0.4, -0.2) is 38.3 Å². The highest BCUT2D eigenvalue weighted by Gasteiger charge is 2.30. The van der Waals surface area contributed by atoms with Crippen molar-refractivity contribution in [2.45, 2.75) is 25.8 Å². The van der Waals surface area contributed by atoms with Crippen molar-refractivity contribution in [3.05, 3.63) is 64.7 Å². The molecule has 2 aromatic carbocycles. The number of hydrogen-bond donors (Lipinski definition) is 1. The lowest BCUT2D eigenvalue weighted by Gasteiger charge is -2.34. The monoisotopic (exact) mass is 414 g/mol. The van der Waals surface area contributed by atoms with Crippen LogP contribution in [0.4, 0.5) is 10.5 Å². The Labute approximate surface area is 177 Å². The highest BCUT2D eigenvalue weighted by molar-refractivity contribution is 6.30. The number of anilines is 1. The van der Waals surface area contributed by atoms with Crippen LogP contribution < -0.4 is 10.1 Å². The van der Waals surface area contributed by atoms with E-state index in [0.717, 1.165) is 41.0 Å². The number of carbonyl (C=O) groups excluding carboxylic acids is 1. The molecular formula is C23H27ClN2O3. The summed E-state index contributed by atoms with van der Waals surface area (Å²) in [6, 6.07) is 13.4. The molecule has 6 heteroatoms. The third-order valence-electron chi connectivity index (χ3n) is 5.01. The van der Waals surface area contributed by atoms with Gasteiger partial charge in [-0.25, -0.2) is 4.79 Å². The van der Waals surface area contributed by atoms with Crippen LogP contribution in [0, 0.1) is 0 Å². The number of amides is 1. The zero-order valence-corrected chi connectivity index (χ0v) is 17.8. The molecule has 5 nitrogen and oxygen atoms in total. The highest BCUT2D eigenvalue weighted by Crippen LogP contribution is 2.38. The fraction of sp³-hybridized carbons (Fsp3) is 0.348. The number of benzene rings is 2. The third kappa shape index (κ3) is 4.85. The van der Waals surface area contributed by atoms with E-state index in [2.05, 4.69) is 11.4 Å². The van der Waals surface area contributed by atoms with Crippen LogP contribution in [-0.2, 0) is 4.74 Å². The largest absolute Gasteiger partial charge is 0.497 e. The van der Waals surface area contributed by atoms with Crippen molar-refractivity contribution >= 4 is 29.0 Å². The van der Waals surface area contributed by atoms with Crippen LogP contribution in [0.1, 0.15) is 36.9 Å². The first kappa shape index (κ1) is 21.1. The number of nitrogens with one attached hydrogen (secondary N) is 1. The number of halogens is 1. The molecule has 3 rings (SSSR count). The van der Waals surface area contributed by atoms with Gasteiger partial charge in [0.1, 0.15) is 5.75 Å². The van der Waals surface area contributed by atoms with Gasteiger partial charge < -0.3 is 14.8 Å². The molecule has 1 aliphatic rings. The van der Waals surface area contributed by atoms with Gasteiger partial charge in [0.05, 0.1) is 19.8 Å². The van der Waals surface area contributed by atoms with E-state index in [-0.39, 0.29) is 12.1 Å². The van der Waals surface area contributed by atoms with Gasteiger partial charge in [0.25, 0.3) is 0 Å². The Hall–Kier alpha value is -2.66. The first-order valence-corrected chi connectivity index (χ1v) is 10.2. The van der Waals surface area contributed by atoms with Crippen LogP contribution in [0.15, 0.2) is 48.5 Å². The maximum absolute atomic E-state index is 12.7. The van der Waals surface area contributed by atoms with Crippen molar-refractivity contribution in [3.8, 4) is 5.75 Å². The van der Waals surface area contributed by atoms with Crippen LogP contribution in [0.5, 0.6) is 5.75 Å². The summed E-state index contributed by atoms with van der Waals surface area (Å²) in [5.41, 5.74) is 4.17. The molecule has 1 aliphatic heterocycles. The molecule has 0 radical (unpaired) electrons. The van der Waals surface area contributed by atoms with Gasteiger partial charge in [0.15, 0.2) is 0 Å². The topological polar surface area (TPSA) is 50.8 Å². The van der Waals surface area contributed by atoms with E-state index >= 15 is 0 Å². The lowest BCUT2D eigenvalue weighted by molar-refractivity contribution is 0.0924. The summed E-state index contributed by atoms with van der Waals surface area (Å²) in [5.74, 6) is 0.753. The molecule has 0 aliphatic carbocycles. The Morgan fingerprint density at radius 3 is 2.83 bits per heavy atom. The Bertz CT molecular complexity index is 897. The summed E-state index contributed by atoms with van der Waals surface area (Å²) in [4.78, 5) is 14.5. The normalized spacial score (nSPS) is 16.2. The molecule has 29 heavy (non-hydrogen) atoms. The molecule has 0 saturated heterocycles. The van der Waals surface area contributed by atoms with Gasteiger partial charge in [-0.15, -0.1) is 0 Å². The second-order valence-electron chi connectivity index (χ2n) is 6.91. The van der Waals surface area contributed by atoms with E-state index in [1.54, 1.807) is 12.0 Å². The third-order valence-corrected chi connectivity index (χ3v) is 5.25. The van der Waals surface area contributed by atoms with Crippen molar-refractivity contribution in [2.24, 2.45) is 0 Å². The average Bonchev–Trinajstić information content (AvgIpc) is 2.77. The molecule has 2 aromatic rings. The Morgan fingerprint density at radius 1 is 1.28 bits per heavy atom. The van der Waals surface area contributed by atoms with Crippen molar-refractivity contribution in [3.63, 3.8) is 0 Å². The predicted octanol–water partition coefficient (Wildman–Crippen LogP) is 5.77. The second kappa shape index (κ2) is 9.70. The van der Waals surface area contributed by atoms with Crippen molar-refractivity contribution in [1.29, 1.82) is 0 Å². The summed E-state index contributed by atoms with van der Waals surface area (Å²) >= 11 is 6.27. The molecule has 0 saturated carbocycles. The first-order chi connectivity index (χ1) is 14.1. The molecule has 1 unspecified atom stereocenters. The smallest absolute Gasteiger partial charge is 0.410 e. The minimum atomic E-state index is -0.296. The zero-order valence-electron chi connectivity index (χ0n) is 17.1. The van der Waals surface area contributed by atoms with E-state index in [1.165, 1.54) is 0 Å². The van der Waals surface area contributed by atoms with Crippen LogP contribution in [0.2, 0.25) is 5.02 Å². The van der Waals surface area contributed by atoms with Crippen molar-refractivity contribution in [2.75, 3.05) is 32.6 Å². The number of rotatable bonds is 6. The highest BCUT2D eigenvalue weighted by atomic mass is 35.5. The van der Waals surface area contributed by atoms with E-state index in [1.807, 2.05) is 56.4 Å². The maximum atomic E-state index is 12.7. The van der Waals surface area contributed by atoms with E-state index < -0.39 is 0 Å². The molecule has 0 bridgehead atoms. The van der Waals surface area contributed by atoms with E-state index in [4.69, 9.17) is 21.1 Å². The lowest BCUT2D eigenvalue weighted by Crippen LogP contribution is -2.38. The minimum absolute atomic E-state index is 0.248. The van der Waals surface area contributed by atoms with Gasteiger partial charge >= 0.3 is 6.09 Å². The van der Waals surface area contributed by atoms with Crippen molar-refractivity contribution < 1.29 is 14.3 Å². The standard InChI is InChI=1S/C23H27ClN2O3/c1-4-12-29-23(27)26-11-10-16(20-15-18(24)8-9-21(20)25-2)14-22(26)17-6-5-7-19(13-17)28-3/h5-9,13-15,22,25H,4,10-12H2,1-3H3. The van der Waals surface area contributed by atoms with Crippen molar-refractivity contribution in [1.82, 2.24) is 4.90 Å². The van der Waals surface area contributed by atoms with E-state index in [0.29, 0.717) is 18.2 Å². The summed E-state index contributed by atoms with van der Waals surface area (Å²) in [6.07, 6.45) is 3.34. The lowest BCUT2D eigenvalue weighted by atomic mass is 9.91. The Morgan fingerprint density at radius 2 is 2.10 bits per heavy atom. The molecular weight excluding hydrogens is 388 g/mol. The number of hydrogen-bond acceptors (Lipinski definition) is 4. The average molecular weight is 415 g/mol.